The Bertz CT molecular complexity index is 1430. The molecule has 2 aromatic rings. The van der Waals surface area contributed by atoms with E-state index in [0.29, 0.717) is 12.8 Å². The lowest BCUT2D eigenvalue weighted by Gasteiger charge is -2.45. The minimum Gasteiger partial charge on any atom is -0.507 e. The Labute approximate surface area is 208 Å². The van der Waals surface area contributed by atoms with Crippen molar-refractivity contribution in [2.75, 3.05) is 5.32 Å². The summed E-state index contributed by atoms with van der Waals surface area (Å²) in [5.74, 6) is -12.4. The largest absolute Gasteiger partial charge is 0.507 e. The molecule has 5 rings (SSSR count). The molecule has 2 aromatic carbocycles. The van der Waals surface area contributed by atoms with Gasteiger partial charge < -0.3 is 36.6 Å². The van der Waals surface area contributed by atoms with Crippen LogP contribution in [-0.2, 0) is 19.2 Å². The van der Waals surface area contributed by atoms with Crippen LogP contribution in [0.2, 0.25) is 0 Å². The van der Waals surface area contributed by atoms with E-state index >= 15 is 0 Å². The van der Waals surface area contributed by atoms with E-state index in [-0.39, 0.29) is 22.9 Å². The first-order chi connectivity index (χ1) is 17.4. The van der Waals surface area contributed by atoms with Gasteiger partial charge in [-0.2, -0.15) is 0 Å². The molecule has 12 heteroatoms. The molecule has 0 saturated heterocycles. The zero-order valence-corrected chi connectivity index (χ0v) is 19.4. The lowest BCUT2D eigenvalue weighted by Crippen LogP contribution is -2.65. The summed E-state index contributed by atoms with van der Waals surface area (Å²) in [5.41, 5.74) is 0.541. The van der Waals surface area contributed by atoms with Gasteiger partial charge in [0.2, 0.25) is 17.6 Å². The van der Waals surface area contributed by atoms with E-state index in [1.54, 1.807) is 0 Å². The maximum atomic E-state index is 13.5. The third kappa shape index (κ3) is 3.25. The molecule has 0 aliphatic heterocycles. The molecular weight excluding hydrogens is 488 g/mol. The minimum atomic E-state index is -3.11. The van der Waals surface area contributed by atoms with Crippen LogP contribution < -0.4 is 11.1 Å². The van der Waals surface area contributed by atoms with Gasteiger partial charge in [-0.05, 0) is 25.0 Å². The quantitative estimate of drug-likeness (QED) is 0.220. The van der Waals surface area contributed by atoms with E-state index in [0.717, 1.165) is 18.9 Å². The second kappa shape index (κ2) is 8.25. The zero-order valence-electron chi connectivity index (χ0n) is 19.4. The van der Waals surface area contributed by atoms with Crippen LogP contribution in [0.25, 0.3) is 10.8 Å². The van der Waals surface area contributed by atoms with Gasteiger partial charge in [-0.15, -0.1) is 0 Å². The summed E-state index contributed by atoms with van der Waals surface area (Å²) in [6, 6.07) is 2.38. The summed E-state index contributed by atoms with van der Waals surface area (Å²) < 4.78 is 0. The fourth-order valence-electron chi connectivity index (χ4n) is 5.96. The van der Waals surface area contributed by atoms with Gasteiger partial charge in [-0.1, -0.05) is 12.8 Å². The minimum absolute atomic E-state index is 0.0228. The number of nitrogens with two attached hydrogens (primary N) is 1. The number of hydrogen-bond donors (Lipinski definition) is 7. The van der Waals surface area contributed by atoms with Gasteiger partial charge in [0.15, 0.2) is 23.1 Å². The number of Topliss-reactive ketones (excluding diaryl/α,β-unsaturated/α-hetero) is 3. The highest BCUT2D eigenvalue weighted by Crippen LogP contribution is 2.56. The monoisotopic (exact) mass is 512 g/mol. The number of phenolic OH excluding ortho intramolecular Hbond substituents is 3. The van der Waals surface area contributed by atoms with Gasteiger partial charge in [-0.25, -0.2) is 0 Å². The molecule has 3 aliphatic carbocycles. The van der Waals surface area contributed by atoms with E-state index in [2.05, 4.69) is 5.32 Å². The fourth-order valence-corrected chi connectivity index (χ4v) is 5.96. The second-order valence-corrected chi connectivity index (χ2v) is 9.86. The van der Waals surface area contributed by atoms with Crippen molar-refractivity contribution in [3.8, 4) is 17.2 Å². The van der Waals surface area contributed by atoms with E-state index in [4.69, 9.17) is 5.73 Å². The first kappa shape index (κ1) is 24.7. The van der Waals surface area contributed by atoms with Crippen molar-refractivity contribution in [1.82, 2.24) is 0 Å². The van der Waals surface area contributed by atoms with Crippen LogP contribution in [0.15, 0.2) is 12.1 Å². The normalized spacial score (nSPS) is 27.7. The Morgan fingerprint density at radius 3 is 2.27 bits per heavy atom. The Morgan fingerprint density at radius 2 is 1.65 bits per heavy atom. The van der Waals surface area contributed by atoms with E-state index in [1.807, 2.05) is 0 Å². The third-order valence-electron chi connectivity index (χ3n) is 7.85. The summed E-state index contributed by atoms with van der Waals surface area (Å²) in [4.78, 5) is 63.4. The van der Waals surface area contributed by atoms with E-state index in [1.165, 1.54) is 6.07 Å². The van der Waals surface area contributed by atoms with Crippen LogP contribution in [0.3, 0.4) is 0 Å². The molecule has 1 unspecified atom stereocenters. The lowest BCUT2D eigenvalue weighted by molar-refractivity contribution is -0.163. The molecular formula is C25H24N2O10. The fraction of sp³-hybridized carbons (Fsp3) is 0.400. The number of aliphatic hydroxyl groups excluding tert-OH is 1. The van der Waals surface area contributed by atoms with Gasteiger partial charge in [0.25, 0.3) is 0 Å². The highest BCUT2D eigenvalue weighted by molar-refractivity contribution is 6.32. The Kier molecular flexibility index (Phi) is 5.50. The standard InChI is InChI=1S/C25H24N2O10/c26-23(35)15-12(29)7-9-18(30)16-17(22(34)25(9,37)21(15)33)20(32)14-11(28)6-5-10(13(14)19(16)31)27-24(36)8-3-1-2-4-8/h5-6,8-9,15,18,28,30-32,37H,1-4,7H2,(H2,26,35)(H,27,36)/t9-,15?,18-,25-/m1/s1. The summed E-state index contributed by atoms with van der Waals surface area (Å²) in [6.45, 7) is 0. The molecule has 2 amide bonds. The molecule has 12 nitrogen and oxygen atoms in total. The van der Waals surface area contributed by atoms with Crippen molar-refractivity contribution >= 4 is 45.6 Å². The summed E-state index contributed by atoms with van der Waals surface area (Å²) in [7, 11) is 0. The van der Waals surface area contributed by atoms with Gasteiger partial charge in [0.05, 0.1) is 28.1 Å². The molecule has 0 spiro atoms. The first-order valence-electron chi connectivity index (χ1n) is 11.8. The van der Waals surface area contributed by atoms with Crippen molar-refractivity contribution in [3.05, 3.63) is 23.3 Å². The number of carbonyl (C=O) groups excluding carboxylic acids is 5. The SMILES string of the molecule is NC(=O)C1C(=O)C[C@@H]2[C@@H](O)c3c(c(O)c4c(O)ccc(NC(=O)C5CCCC5)c4c3O)C(=O)[C@]2(O)C1=O. The van der Waals surface area contributed by atoms with Gasteiger partial charge >= 0.3 is 0 Å². The number of primary amides is 1. The maximum Gasteiger partial charge on any atom is 0.235 e. The molecule has 0 heterocycles. The number of aliphatic hydroxyl groups is 2. The maximum absolute atomic E-state index is 13.5. The number of ketones is 3. The molecule has 4 atom stereocenters. The van der Waals surface area contributed by atoms with Crippen molar-refractivity contribution in [2.45, 2.75) is 43.8 Å². The highest BCUT2D eigenvalue weighted by atomic mass is 16.3. The van der Waals surface area contributed by atoms with E-state index in [9.17, 15) is 49.5 Å². The molecule has 2 saturated carbocycles. The van der Waals surface area contributed by atoms with Crippen LogP contribution >= 0.6 is 0 Å². The summed E-state index contributed by atoms with van der Waals surface area (Å²) in [6.07, 6.45) is 0.245. The van der Waals surface area contributed by atoms with Crippen LogP contribution in [0, 0.1) is 17.8 Å². The zero-order chi connectivity index (χ0) is 27.0. The average Bonchev–Trinajstić information content (AvgIpc) is 3.38. The molecule has 0 aromatic heterocycles. The van der Waals surface area contributed by atoms with Crippen molar-refractivity contribution < 1.29 is 49.5 Å². The smallest absolute Gasteiger partial charge is 0.235 e. The lowest BCUT2D eigenvalue weighted by atomic mass is 9.59. The van der Waals surface area contributed by atoms with Crippen LogP contribution in [0.5, 0.6) is 17.2 Å². The van der Waals surface area contributed by atoms with Crippen molar-refractivity contribution in [3.63, 3.8) is 0 Å². The Balaban J connectivity index is 1.73. The van der Waals surface area contributed by atoms with E-state index < -0.39 is 87.0 Å². The van der Waals surface area contributed by atoms with Gasteiger partial charge in [-0.3, -0.25) is 24.0 Å². The second-order valence-electron chi connectivity index (χ2n) is 9.86. The number of phenols is 3. The number of nitrogens with one attached hydrogen (secondary N) is 1. The highest BCUT2D eigenvalue weighted by Gasteiger charge is 2.65. The summed E-state index contributed by atoms with van der Waals surface area (Å²) >= 11 is 0. The van der Waals surface area contributed by atoms with Crippen LogP contribution in [0.4, 0.5) is 5.69 Å². The van der Waals surface area contributed by atoms with Gasteiger partial charge in [0.1, 0.15) is 17.2 Å². The summed E-state index contributed by atoms with van der Waals surface area (Å²) in [5, 5.41) is 57.0. The number of fused-ring (bicyclic) bond motifs is 3. The molecule has 194 valence electrons. The van der Waals surface area contributed by atoms with Gasteiger partial charge in [0, 0.05) is 23.8 Å². The van der Waals surface area contributed by atoms with Crippen molar-refractivity contribution in [2.24, 2.45) is 23.5 Å². The number of amides is 2. The molecule has 0 bridgehead atoms. The third-order valence-corrected chi connectivity index (χ3v) is 7.85. The molecule has 37 heavy (non-hydrogen) atoms. The first-order valence-corrected chi connectivity index (χ1v) is 11.8. The molecule has 2 fully saturated rings. The molecule has 3 aliphatic rings. The number of carbonyl (C=O) groups is 5. The van der Waals surface area contributed by atoms with Crippen LogP contribution in [-0.4, -0.2) is 60.3 Å². The number of anilines is 1. The molecule has 0 radical (unpaired) electrons. The topological polar surface area (TPSA) is 225 Å². The predicted octanol–water partition coefficient (Wildman–Crippen LogP) is 0.306. The Hall–Kier alpha value is -4.03. The van der Waals surface area contributed by atoms with Crippen LogP contribution in [0.1, 0.15) is 54.1 Å². The Morgan fingerprint density at radius 1 is 1.00 bits per heavy atom. The number of rotatable bonds is 3. The van der Waals surface area contributed by atoms with Crippen molar-refractivity contribution in [1.29, 1.82) is 0 Å². The number of hydrogen-bond acceptors (Lipinski definition) is 10. The number of benzene rings is 2. The predicted molar refractivity (Wildman–Crippen MR) is 125 cm³/mol. The average molecular weight is 512 g/mol. The number of aromatic hydroxyl groups is 3. The molecule has 8 N–H and O–H groups in total.